The van der Waals surface area contributed by atoms with Crippen LogP contribution in [0.4, 0.5) is 5.69 Å². The third-order valence-corrected chi connectivity index (χ3v) is 8.71. The summed E-state index contributed by atoms with van der Waals surface area (Å²) in [5, 5.41) is 5.50. The van der Waals surface area contributed by atoms with Crippen molar-refractivity contribution in [2.75, 3.05) is 25.7 Å². The fourth-order valence-corrected chi connectivity index (χ4v) is 6.72. The van der Waals surface area contributed by atoms with E-state index in [2.05, 4.69) is 76.6 Å². The summed E-state index contributed by atoms with van der Waals surface area (Å²) in [6.07, 6.45) is 3.59. The van der Waals surface area contributed by atoms with Crippen LogP contribution in [-0.4, -0.2) is 43.2 Å². The van der Waals surface area contributed by atoms with Crippen LogP contribution in [0.15, 0.2) is 91.0 Å². The summed E-state index contributed by atoms with van der Waals surface area (Å²) in [5.41, 5.74) is 4.91. The Hall–Kier alpha value is -4.78. The summed E-state index contributed by atoms with van der Waals surface area (Å²) in [5.74, 6) is 1.08. The second-order valence-corrected chi connectivity index (χ2v) is 11.4. The van der Waals surface area contributed by atoms with Crippen LogP contribution in [0.2, 0.25) is 0 Å². The molecule has 0 radical (unpaired) electrons. The van der Waals surface area contributed by atoms with E-state index in [9.17, 15) is 9.59 Å². The van der Waals surface area contributed by atoms with Gasteiger partial charge in [-0.25, -0.2) is 0 Å². The molecule has 4 aromatic carbocycles. The third kappa shape index (κ3) is 5.39. The van der Waals surface area contributed by atoms with Gasteiger partial charge in [0.2, 0.25) is 5.91 Å². The van der Waals surface area contributed by atoms with Crippen LogP contribution in [0.25, 0.3) is 21.8 Å². The van der Waals surface area contributed by atoms with E-state index in [-0.39, 0.29) is 23.9 Å². The molecule has 1 aliphatic rings. The van der Waals surface area contributed by atoms with Gasteiger partial charge in [0.1, 0.15) is 0 Å². The number of nitrogens with zero attached hydrogens (tertiary/aromatic N) is 2. The zero-order valence-electron chi connectivity index (χ0n) is 25.6. The molecule has 0 saturated carbocycles. The van der Waals surface area contributed by atoms with E-state index in [0.717, 1.165) is 36.9 Å². The van der Waals surface area contributed by atoms with E-state index >= 15 is 0 Å². The zero-order chi connectivity index (χ0) is 30.6. The Balaban J connectivity index is 1.44. The fourth-order valence-electron chi connectivity index (χ4n) is 6.72. The summed E-state index contributed by atoms with van der Waals surface area (Å²) < 4.78 is 13.4. The van der Waals surface area contributed by atoms with E-state index in [4.69, 9.17) is 9.47 Å². The minimum absolute atomic E-state index is 0.0186. The van der Waals surface area contributed by atoms with E-state index in [0.29, 0.717) is 30.0 Å². The number of benzene rings is 4. The monoisotopic (exact) mass is 589 g/mol. The molecule has 44 heavy (non-hydrogen) atoms. The minimum Gasteiger partial charge on any atom is -0.493 e. The van der Waals surface area contributed by atoms with Gasteiger partial charge in [-0.15, -0.1) is 0 Å². The van der Waals surface area contributed by atoms with Crippen molar-refractivity contribution in [1.29, 1.82) is 0 Å². The number of methoxy groups -OCH3 is 2. The number of para-hydroxylation sites is 3. The Kier molecular flexibility index (Phi) is 8.55. The number of carbonyl (C=O) groups is 2. The second-order valence-electron chi connectivity index (χ2n) is 11.4. The van der Waals surface area contributed by atoms with E-state index in [1.54, 1.807) is 32.4 Å². The van der Waals surface area contributed by atoms with Gasteiger partial charge in [-0.05, 0) is 67.6 Å². The summed E-state index contributed by atoms with van der Waals surface area (Å²) in [4.78, 5) is 28.6. The van der Waals surface area contributed by atoms with Crippen molar-refractivity contribution < 1.29 is 19.1 Å². The van der Waals surface area contributed by atoms with Crippen LogP contribution in [0.5, 0.6) is 11.5 Å². The van der Waals surface area contributed by atoms with Crippen LogP contribution < -0.4 is 19.7 Å². The van der Waals surface area contributed by atoms with Gasteiger partial charge in [0, 0.05) is 52.1 Å². The molecule has 2 amide bonds. The number of anilines is 1. The number of ether oxygens (including phenoxy) is 2. The Morgan fingerprint density at radius 1 is 0.841 bits per heavy atom. The standard InChI is InChI=1S/C37H39N3O4/c1-4-12-36(41)38-22-11-13-26-24-33(40-30-17-8-5-14-27(30)28-15-6-9-18-31(28)40)29-16-7-10-19-32(29)39(26)37(42)25-20-21-34(43-2)35(23-25)44-3/h5-10,14-21,23,26,33H,4,11-13,22,24H2,1-3H3,(H,38,41). The molecule has 2 atom stereocenters. The Labute approximate surface area is 258 Å². The van der Waals surface area contributed by atoms with Crippen LogP contribution >= 0.6 is 0 Å². The van der Waals surface area contributed by atoms with Crippen molar-refractivity contribution in [3.8, 4) is 11.5 Å². The van der Waals surface area contributed by atoms with E-state index < -0.39 is 0 Å². The second kappa shape index (κ2) is 12.8. The number of aromatic nitrogens is 1. The maximum atomic E-state index is 14.4. The topological polar surface area (TPSA) is 72.8 Å². The number of fused-ring (bicyclic) bond motifs is 4. The van der Waals surface area contributed by atoms with Gasteiger partial charge in [-0.2, -0.15) is 0 Å². The predicted octanol–water partition coefficient (Wildman–Crippen LogP) is 7.52. The normalized spacial score (nSPS) is 16.1. The van der Waals surface area contributed by atoms with Crippen molar-refractivity contribution >= 4 is 39.3 Å². The van der Waals surface area contributed by atoms with Gasteiger partial charge >= 0.3 is 0 Å². The van der Waals surface area contributed by atoms with E-state index in [1.807, 2.05) is 17.9 Å². The molecule has 0 spiro atoms. The van der Waals surface area contributed by atoms with Crippen LogP contribution in [0.3, 0.4) is 0 Å². The Morgan fingerprint density at radius 2 is 1.50 bits per heavy atom. The first-order valence-electron chi connectivity index (χ1n) is 15.4. The van der Waals surface area contributed by atoms with Gasteiger partial charge in [0.15, 0.2) is 11.5 Å². The molecule has 0 aliphatic carbocycles. The number of rotatable bonds is 10. The van der Waals surface area contributed by atoms with Crippen LogP contribution in [0.1, 0.15) is 61.0 Å². The molecule has 6 rings (SSSR count). The third-order valence-electron chi connectivity index (χ3n) is 8.71. The van der Waals surface area contributed by atoms with Gasteiger partial charge in [0.25, 0.3) is 5.91 Å². The average molecular weight is 590 g/mol. The molecule has 226 valence electrons. The van der Waals surface area contributed by atoms with Crippen LogP contribution in [-0.2, 0) is 4.79 Å². The molecule has 1 aromatic heterocycles. The molecule has 0 saturated heterocycles. The molecule has 2 heterocycles. The summed E-state index contributed by atoms with van der Waals surface area (Å²) >= 11 is 0. The molecular weight excluding hydrogens is 550 g/mol. The molecule has 7 nitrogen and oxygen atoms in total. The molecule has 5 aromatic rings. The maximum absolute atomic E-state index is 14.4. The summed E-state index contributed by atoms with van der Waals surface area (Å²) in [6.45, 7) is 2.58. The van der Waals surface area contributed by atoms with Gasteiger partial charge in [-0.1, -0.05) is 61.5 Å². The summed E-state index contributed by atoms with van der Waals surface area (Å²) in [7, 11) is 3.17. The Morgan fingerprint density at radius 3 is 2.18 bits per heavy atom. The quantitative estimate of drug-likeness (QED) is 0.171. The lowest BCUT2D eigenvalue weighted by Crippen LogP contribution is -2.46. The van der Waals surface area contributed by atoms with Crippen molar-refractivity contribution in [3.05, 3.63) is 102 Å². The summed E-state index contributed by atoms with van der Waals surface area (Å²) in [6, 6.07) is 30.7. The fraction of sp³-hybridized carbons (Fsp3) is 0.297. The number of hydrogen-bond donors (Lipinski definition) is 1. The lowest BCUT2D eigenvalue weighted by atomic mass is 9.87. The molecule has 2 unspecified atom stereocenters. The smallest absolute Gasteiger partial charge is 0.258 e. The number of hydrogen-bond acceptors (Lipinski definition) is 4. The zero-order valence-corrected chi connectivity index (χ0v) is 25.6. The highest BCUT2D eigenvalue weighted by molar-refractivity contribution is 6.09. The lowest BCUT2D eigenvalue weighted by molar-refractivity contribution is -0.121. The van der Waals surface area contributed by atoms with Gasteiger partial charge in [-0.3, -0.25) is 9.59 Å². The average Bonchev–Trinajstić information content (AvgIpc) is 3.40. The number of amides is 2. The molecule has 0 fully saturated rings. The number of carbonyl (C=O) groups excluding carboxylic acids is 2. The van der Waals surface area contributed by atoms with Crippen molar-refractivity contribution in [3.63, 3.8) is 0 Å². The SMILES string of the molecule is CCCC(=O)NCCCC1CC(n2c3ccccc3c3ccccc32)c2ccccc2N1C(=O)c1ccc(OC)c(OC)c1. The van der Waals surface area contributed by atoms with Crippen molar-refractivity contribution in [2.45, 2.75) is 51.1 Å². The maximum Gasteiger partial charge on any atom is 0.258 e. The van der Waals surface area contributed by atoms with Crippen molar-refractivity contribution in [2.24, 2.45) is 0 Å². The first kappa shape index (κ1) is 29.3. The highest BCUT2D eigenvalue weighted by Gasteiger charge is 2.38. The highest BCUT2D eigenvalue weighted by atomic mass is 16.5. The molecule has 1 aliphatic heterocycles. The van der Waals surface area contributed by atoms with Gasteiger partial charge < -0.3 is 24.3 Å². The first-order valence-corrected chi connectivity index (χ1v) is 15.4. The molecule has 1 N–H and O–H groups in total. The van der Waals surface area contributed by atoms with E-state index in [1.165, 1.54) is 21.8 Å². The molecule has 7 heteroatoms. The predicted molar refractivity (Wildman–Crippen MR) is 176 cm³/mol. The minimum atomic E-state index is -0.0986. The molecular formula is C37H39N3O4. The molecule has 0 bridgehead atoms. The number of nitrogens with one attached hydrogen (secondary N) is 1. The lowest BCUT2D eigenvalue weighted by Gasteiger charge is -2.42. The largest absolute Gasteiger partial charge is 0.493 e. The first-order chi connectivity index (χ1) is 21.5. The Bertz CT molecular complexity index is 1760. The van der Waals surface area contributed by atoms with Gasteiger partial charge in [0.05, 0.1) is 20.3 Å². The van der Waals surface area contributed by atoms with Crippen molar-refractivity contribution in [1.82, 2.24) is 9.88 Å². The highest BCUT2D eigenvalue weighted by Crippen LogP contribution is 2.45. The van der Waals surface area contributed by atoms with Crippen LogP contribution in [0, 0.1) is 0 Å².